The van der Waals surface area contributed by atoms with Gasteiger partial charge in [0, 0.05) is 5.71 Å². The van der Waals surface area contributed by atoms with Crippen LogP contribution in [0.2, 0.25) is 0 Å². The Morgan fingerprint density at radius 2 is 1.90 bits per heavy atom. The Hall–Kier alpha value is -2.08. The van der Waals surface area contributed by atoms with E-state index in [1.165, 1.54) is 0 Å². The van der Waals surface area contributed by atoms with Crippen molar-refractivity contribution in [2.45, 2.75) is 40.2 Å². The van der Waals surface area contributed by atoms with Gasteiger partial charge >= 0.3 is 5.97 Å². The maximum Gasteiger partial charge on any atom is 0.320 e. The van der Waals surface area contributed by atoms with Gasteiger partial charge in [-0.3, -0.25) is 10.2 Å². The van der Waals surface area contributed by atoms with E-state index in [0.29, 0.717) is 12.2 Å². The minimum absolute atomic E-state index is 0.277. The van der Waals surface area contributed by atoms with Crippen LogP contribution in [0.1, 0.15) is 33.3 Å². The molecule has 0 heterocycles. The highest BCUT2D eigenvalue weighted by molar-refractivity contribution is 5.78. The summed E-state index contributed by atoms with van der Waals surface area (Å²) in [5.74, 6) is -0.318. The standard InChI is InChI=1S/C13H19N3O3.C2H6/c1-9(2)16-15-8-19-11-5-3-10(4-6-11)7-12(14)13(17)18;1-2/h3-6,12,15H,7-8,14H2,1-2H3,(H,17,18);1-2H3. The Labute approximate surface area is 126 Å². The summed E-state index contributed by atoms with van der Waals surface area (Å²) in [5, 5.41) is 12.7. The van der Waals surface area contributed by atoms with E-state index in [4.69, 9.17) is 15.6 Å². The highest BCUT2D eigenvalue weighted by Crippen LogP contribution is 2.12. The minimum Gasteiger partial charge on any atom is -0.480 e. The van der Waals surface area contributed by atoms with Crippen molar-refractivity contribution in [3.8, 4) is 5.75 Å². The second-order valence-corrected chi connectivity index (χ2v) is 4.30. The smallest absolute Gasteiger partial charge is 0.320 e. The van der Waals surface area contributed by atoms with Gasteiger partial charge in [0.25, 0.3) is 0 Å². The number of carbonyl (C=O) groups is 1. The van der Waals surface area contributed by atoms with Gasteiger partial charge in [-0.25, -0.2) is 0 Å². The molecule has 0 saturated carbocycles. The minimum atomic E-state index is -1.00. The van der Waals surface area contributed by atoms with E-state index in [1.54, 1.807) is 24.3 Å². The van der Waals surface area contributed by atoms with E-state index in [0.717, 1.165) is 11.3 Å². The predicted molar refractivity (Wildman–Crippen MR) is 84.5 cm³/mol. The van der Waals surface area contributed by atoms with Crippen molar-refractivity contribution >= 4 is 11.7 Å². The Balaban J connectivity index is 0.00000191. The number of nitrogens with one attached hydrogen (secondary N) is 1. The van der Waals surface area contributed by atoms with E-state index in [2.05, 4.69) is 10.5 Å². The summed E-state index contributed by atoms with van der Waals surface area (Å²) in [4.78, 5) is 10.6. The van der Waals surface area contributed by atoms with Crippen molar-refractivity contribution in [3.63, 3.8) is 0 Å². The van der Waals surface area contributed by atoms with Crippen molar-refractivity contribution in [1.82, 2.24) is 5.43 Å². The summed E-state index contributed by atoms with van der Waals surface area (Å²) in [6, 6.07) is 6.26. The molecular formula is C15H25N3O3. The first-order chi connectivity index (χ1) is 9.99. The first-order valence-corrected chi connectivity index (χ1v) is 6.93. The van der Waals surface area contributed by atoms with E-state index in [9.17, 15) is 4.79 Å². The third-order valence-electron chi connectivity index (χ3n) is 2.30. The summed E-state index contributed by atoms with van der Waals surface area (Å²) in [6.45, 7) is 8.04. The molecule has 1 aromatic rings. The molecule has 0 radical (unpaired) electrons. The van der Waals surface area contributed by atoms with Gasteiger partial charge in [-0.15, -0.1) is 0 Å². The monoisotopic (exact) mass is 295 g/mol. The van der Waals surface area contributed by atoms with Gasteiger partial charge in [0.2, 0.25) is 0 Å². The normalized spacial score (nSPS) is 10.7. The van der Waals surface area contributed by atoms with Crippen LogP contribution < -0.4 is 15.9 Å². The average Bonchev–Trinajstić information content (AvgIpc) is 2.47. The molecule has 0 fully saturated rings. The molecule has 0 aliphatic heterocycles. The number of carboxylic acid groups (broad SMARTS) is 1. The number of ether oxygens (including phenoxy) is 1. The fourth-order valence-electron chi connectivity index (χ4n) is 1.37. The Morgan fingerprint density at radius 3 is 2.38 bits per heavy atom. The summed E-state index contributed by atoms with van der Waals surface area (Å²) in [7, 11) is 0. The van der Waals surface area contributed by atoms with Crippen LogP contribution in [-0.4, -0.2) is 29.6 Å². The van der Waals surface area contributed by atoms with Crippen LogP contribution in [0, 0.1) is 0 Å². The van der Waals surface area contributed by atoms with Crippen LogP contribution in [0.15, 0.2) is 29.4 Å². The molecule has 0 saturated heterocycles. The van der Waals surface area contributed by atoms with Crippen molar-refractivity contribution in [1.29, 1.82) is 0 Å². The zero-order chi connectivity index (χ0) is 16.3. The number of nitrogens with two attached hydrogens (primary N) is 1. The first-order valence-electron chi connectivity index (χ1n) is 6.93. The molecule has 0 aliphatic rings. The van der Waals surface area contributed by atoms with Gasteiger partial charge in [-0.05, 0) is 38.0 Å². The fraction of sp³-hybridized carbons (Fsp3) is 0.467. The zero-order valence-corrected chi connectivity index (χ0v) is 13.1. The van der Waals surface area contributed by atoms with Crippen molar-refractivity contribution < 1.29 is 14.6 Å². The van der Waals surface area contributed by atoms with Crippen LogP contribution in [0.4, 0.5) is 0 Å². The number of carboxylic acids is 1. The van der Waals surface area contributed by atoms with Crippen molar-refractivity contribution in [2.75, 3.05) is 6.73 Å². The second kappa shape index (κ2) is 10.7. The first kappa shape index (κ1) is 18.9. The molecule has 1 atom stereocenters. The number of hydrogen-bond donors (Lipinski definition) is 3. The number of rotatable bonds is 7. The van der Waals surface area contributed by atoms with Gasteiger partial charge in [0.15, 0.2) is 6.73 Å². The number of aliphatic carboxylic acids is 1. The highest BCUT2D eigenvalue weighted by atomic mass is 16.5. The molecule has 118 valence electrons. The summed E-state index contributed by atoms with van der Waals surface area (Å²) < 4.78 is 5.40. The van der Waals surface area contributed by atoms with Crippen LogP contribution in [0.5, 0.6) is 5.75 Å². The maximum absolute atomic E-state index is 10.6. The van der Waals surface area contributed by atoms with Gasteiger partial charge in [-0.1, -0.05) is 26.0 Å². The third-order valence-corrected chi connectivity index (χ3v) is 2.30. The third kappa shape index (κ3) is 8.65. The molecule has 1 unspecified atom stereocenters. The largest absolute Gasteiger partial charge is 0.480 e. The average molecular weight is 295 g/mol. The van der Waals surface area contributed by atoms with Gasteiger partial charge in [0.1, 0.15) is 11.8 Å². The summed E-state index contributed by atoms with van der Waals surface area (Å²) >= 11 is 0. The van der Waals surface area contributed by atoms with Crippen molar-refractivity contribution in [3.05, 3.63) is 29.8 Å². The topological polar surface area (TPSA) is 96.9 Å². The van der Waals surface area contributed by atoms with E-state index in [-0.39, 0.29) is 6.73 Å². The quantitative estimate of drug-likeness (QED) is 0.309. The number of hydrogen-bond acceptors (Lipinski definition) is 5. The molecule has 6 nitrogen and oxygen atoms in total. The summed E-state index contributed by atoms with van der Waals surface area (Å²) in [5.41, 5.74) is 10.00. The lowest BCUT2D eigenvalue weighted by molar-refractivity contribution is -0.138. The van der Waals surface area contributed by atoms with Crippen LogP contribution in [0.3, 0.4) is 0 Å². The van der Waals surface area contributed by atoms with Crippen LogP contribution >= 0.6 is 0 Å². The highest BCUT2D eigenvalue weighted by Gasteiger charge is 2.11. The molecule has 1 rings (SSSR count). The molecule has 1 aromatic carbocycles. The second-order valence-electron chi connectivity index (χ2n) is 4.30. The fourth-order valence-corrected chi connectivity index (χ4v) is 1.37. The number of nitrogens with zero attached hydrogens (tertiary/aromatic N) is 1. The van der Waals surface area contributed by atoms with E-state index in [1.807, 2.05) is 27.7 Å². The Kier molecular flexibility index (Phi) is 9.62. The molecule has 6 heteroatoms. The van der Waals surface area contributed by atoms with Crippen LogP contribution in [0.25, 0.3) is 0 Å². The molecule has 4 N–H and O–H groups in total. The van der Waals surface area contributed by atoms with E-state index >= 15 is 0 Å². The molecular weight excluding hydrogens is 270 g/mol. The maximum atomic E-state index is 10.6. The molecule has 0 bridgehead atoms. The summed E-state index contributed by atoms with van der Waals surface area (Å²) in [6.07, 6.45) is 0.299. The molecule has 0 aromatic heterocycles. The number of hydrazone groups is 1. The van der Waals surface area contributed by atoms with Crippen molar-refractivity contribution in [2.24, 2.45) is 10.8 Å². The van der Waals surface area contributed by atoms with Gasteiger partial charge < -0.3 is 15.6 Å². The van der Waals surface area contributed by atoms with Gasteiger partial charge in [-0.2, -0.15) is 5.10 Å². The van der Waals surface area contributed by atoms with Crippen LogP contribution in [-0.2, 0) is 11.2 Å². The Morgan fingerprint density at radius 1 is 1.33 bits per heavy atom. The molecule has 0 aliphatic carbocycles. The lowest BCUT2D eigenvalue weighted by Crippen LogP contribution is -2.32. The molecule has 21 heavy (non-hydrogen) atoms. The zero-order valence-electron chi connectivity index (χ0n) is 13.1. The van der Waals surface area contributed by atoms with E-state index < -0.39 is 12.0 Å². The molecule has 0 amide bonds. The number of benzene rings is 1. The molecule has 0 spiro atoms. The Bertz CT molecular complexity index is 440. The SMILES string of the molecule is CC.CC(C)=NNCOc1ccc(CC(N)C(=O)O)cc1. The lowest BCUT2D eigenvalue weighted by Gasteiger charge is -2.08. The van der Waals surface area contributed by atoms with Gasteiger partial charge in [0.05, 0.1) is 0 Å². The predicted octanol–water partition coefficient (Wildman–Crippen LogP) is 1.99. The lowest BCUT2D eigenvalue weighted by atomic mass is 10.1.